The fourth-order valence-electron chi connectivity index (χ4n) is 4.53. The molecule has 38 heavy (non-hydrogen) atoms. The van der Waals surface area contributed by atoms with E-state index in [1.54, 1.807) is 30.3 Å². The quantitative estimate of drug-likeness (QED) is 0.356. The number of piperazine rings is 1. The molecule has 3 aromatic heterocycles. The second-order valence-electron chi connectivity index (χ2n) is 9.04. The van der Waals surface area contributed by atoms with Crippen molar-refractivity contribution in [2.75, 3.05) is 36.4 Å². The number of aryl methyl sites for hydroxylation is 1. The Balaban J connectivity index is 1.20. The molecule has 12 nitrogen and oxygen atoms in total. The van der Waals surface area contributed by atoms with Gasteiger partial charge in [0.15, 0.2) is 6.54 Å². The lowest BCUT2D eigenvalue weighted by Crippen LogP contribution is -2.48. The minimum atomic E-state index is -0.502. The van der Waals surface area contributed by atoms with Crippen LogP contribution in [0.2, 0.25) is 0 Å². The minimum absolute atomic E-state index is 0.155. The second kappa shape index (κ2) is 9.92. The van der Waals surface area contributed by atoms with Gasteiger partial charge in [0.1, 0.15) is 11.6 Å². The maximum absolute atomic E-state index is 13.5. The number of aromatic nitrogens is 5. The summed E-state index contributed by atoms with van der Waals surface area (Å²) in [6.07, 6.45) is 3.12. The normalized spacial score (nSPS) is 13.7. The first kappa shape index (κ1) is 24.9. The van der Waals surface area contributed by atoms with Gasteiger partial charge in [0.05, 0.1) is 11.9 Å². The van der Waals surface area contributed by atoms with Gasteiger partial charge >= 0.3 is 11.2 Å². The van der Waals surface area contributed by atoms with E-state index < -0.39 is 23.0 Å². The molecule has 1 aliphatic heterocycles. The van der Waals surface area contributed by atoms with Crippen LogP contribution in [-0.4, -0.2) is 62.0 Å². The van der Waals surface area contributed by atoms with Crippen molar-refractivity contribution in [2.24, 2.45) is 14.1 Å². The highest BCUT2D eigenvalue weighted by Crippen LogP contribution is 2.18. The molecule has 0 aliphatic carbocycles. The number of fused-ring (bicyclic) bond motifs is 1. The number of halogens is 1. The number of nitrogens with zero attached hydrogens (tertiary/aromatic N) is 6. The van der Waals surface area contributed by atoms with E-state index in [4.69, 9.17) is 0 Å². The Kier molecular flexibility index (Phi) is 6.49. The van der Waals surface area contributed by atoms with Gasteiger partial charge in [-0.05, 0) is 30.3 Å². The number of hydrogen-bond acceptors (Lipinski definition) is 6. The SMILES string of the molecule is Cn1c(=O)c2c([nH]c[n+]2CC(=O)Nc2ccc(N3CCN(C(=O)c4cccc(F)c4)CC3)cn2)n(C)c1=O. The summed E-state index contributed by atoms with van der Waals surface area (Å²) in [4.78, 5) is 61.0. The number of pyridine rings is 1. The number of anilines is 2. The van der Waals surface area contributed by atoms with Gasteiger partial charge in [0.25, 0.3) is 23.0 Å². The minimum Gasteiger partial charge on any atom is -0.367 e. The average molecular weight is 522 g/mol. The number of rotatable bonds is 5. The van der Waals surface area contributed by atoms with Crippen LogP contribution in [0.5, 0.6) is 0 Å². The lowest BCUT2D eigenvalue weighted by molar-refractivity contribution is -0.658. The Labute approximate surface area is 215 Å². The Morgan fingerprint density at radius 2 is 1.84 bits per heavy atom. The molecule has 4 aromatic rings. The fourth-order valence-corrected chi connectivity index (χ4v) is 4.53. The van der Waals surface area contributed by atoms with Crippen molar-refractivity contribution in [3.63, 3.8) is 0 Å². The van der Waals surface area contributed by atoms with Crippen LogP contribution in [0.4, 0.5) is 15.9 Å². The summed E-state index contributed by atoms with van der Waals surface area (Å²) in [6.45, 7) is 1.99. The molecule has 0 atom stereocenters. The molecular formula is C25H26FN8O4+. The van der Waals surface area contributed by atoms with Crippen LogP contribution in [0.25, 0.3) is 11.2 Å². The molecule has 1 aromatic carbocycles. The first-order chi connectivity index (χ1) is 18.2. The molecule has 4 heterocycles. The van der Waals surface area contributed by atoms with Crippen molar-refractivity contribution in [1.82, 2.24) is 24.0 Å². The third-order valence-electron chi connectivity index (χ3n) is 6.62. The highest BCUT2D eigenvalue weighted by molar-refractivity contribution is 5.94. The lowest BCUT2D eigenvalue weighted by Gasteiger charge is -2.36. The van der Waals surface area contributed by atoms with Crippen LogP contribution >= 0.6 is 0 Å². The van der Waals surface area contributed by atoms with Crippen LogP contribution in [0, 0.1) is 5.82 Å². The first-order valence-electron chi connectivity index (χ1n) is 11.9. The number of H-pyrrole nitrogens is 1. The van der Waals surface area contributed by atoms with Crippen LogP contribution in [0.1, 0.15) is 10.4 Å². The Bertz CT molecular complexity index is 1650. The zero-order chi connectivity index (χ0) is 27.0. The van der Waals surface area contributed by atoms with Crippen molar-refractivity contribution in [3.05, 3.63) is 81.1 Å². The molecule has 0 unspecified atom stereocenters. The molecule has 1 fully saturated rings. The summed E-state index contributed by atoms with van der Waals surface area (Å²) < 4.78 is 17.2. The summed E-state index contributed by atoms with van der Waals surface area (Å²) in [6, 6.07) is 9.19. The van der Waals surface area contributed by atoms with Crippen molar-refractivity contribution < 1.29 is 18.5 Å². The van der Waals surface area contributed by atoms with E-state index in [0.29, 0.717) is 43.2 Å². The summed E-state index contributed by atoms with van der Waals surface area (Å²) in [5.74, 6) is -0.687. The van der Waals surface area contributed by atoms with Gasteiger partial charge in [0.2, 0.25) is 6.33 Å². The first-order valence-corrected chi connectivity index (χ1v) is 11.9. The molecule has 0 saturated carbocycles. The topological polar surface area (TPSA) is 129 Å². The molecule has 0 bridgehead atoms. The Morgan fingerprint density at radius 1 is 1.08 bits per heavy atom. The number of amides is 2. The van der Waals surface area contributed by atoms with E-state index in [0.717, 1.165) is 10.3 Å². The molecule has 5 rings (SSSR count). The highest BCUT2D eigenvalue weighted by Gasteiger charge is 2.24. The maximum atomic E-state index is 13.5. The standard InChI is InChI=1S/C25H25FN8O4/c1-30-22-21(24(37)31(2)25(30)38)34(15-28-22)14-20(35)29-19-7-6-18(13-27-19)32-8-10-33(11-9-32)23(36)16-4-3-5-17(26)12-16/h3-7,12-13,15H,8-11,14H2,1-2H3,(H,27,29,35)/p+1. The zero-order valence-corrected chi connectivity index (χ0v) is 20.8. The molecule has 2 amide bonds. The maximum Gasteiger partial charge on any atom is 0.333 e. The molecular weight excluding hydrogens is 495 g/mol. The third kappa shape index (κ3) is 4.65. The molecule has 2 N–H and O–H groups in total. The van der Waals surface area contributed by atoms with Gasteiger partial charge in [-0.15, -0.1) is 0 Å². The van der Waals surface area contributed by atoms with Gasteiger partial charge in [-0.3, -0.25) is 23.5 Å². The molecule has 1 aliphatic rings. The number of hydrogen-bond donors (Lipinski definition) is 2. The number of benzene rings is 1. The van der Waals surface area contributed by atoms with E-state index in [9.17, 15) is 23.6 Å². The van der Waals surface area contributed by atoms with E-state index >= 15 is 0 Å². The smallest absolute Gasteiger partial charge is 0.333 e. The van der Waals surface area contributed by atoms with E-state index in [1.165, 1.54) is 40.7 Å². The predicted molar refractivity (Wildman–Crippen MR) is 136 cm³/mol. The fraction of sp³-hybridized carbons (Fsp3) is 0.280. The number of aromatic amines is 1. The largest absolute Gasteiger partial charge is 0.367 e. The van der Waals surface area contributed by atoms with E-state index in [1.807, 2.05) is 6.07 Å². The predicted octanol–water partition coefficient (Wildman–Crippen LogP) is -0.0120. The van der Waals surface area contributed by atoms with Crippen molar-refractivity contribution in [3.8, 4) is 0 Å². The van der Waals surface area contributed by atoms with Crippen LogP contribution in [0.3, 0.4) is 0 Å². The van der Waals surface area contributed by atoms with Gasteiger partial charge < -0.3 is 15.1 Å². The summed E-state index contributed by atoms with van der Waals surface area (Å²) >= 11 is 0. The lowest BCUT2D eigenvalue weighted by atomic mass is 10.1. The Hall–Kier alpha value is -4.81. The zero-order valence-electron chi connectivity index (χ0n) is 20.8. The highest BCUT2D eigenvalue weighted by atomic mass is 19.1. The van der Waals surface area contributed by atoms with Crippen LogP contribution < -0.4 is 26.0 Å². The van der Waals surface area contributed by atoms with Crippen molar-refractivity contribution in [1.29, 1.82) is 0 Å². The van der Waals surface area contributed by atoms with Crippen molar-refractivity contribution >= 4 is 34.5 Å². The molecule has 196 valence electrons. The van der Waals surface area contributed by atoms with Crippen molar-refractivity contribution in [2.45, 2.75) is 6.54 Å². The van der Waals surface area contributed by atoms with Gasteiger partial charge in [-0.25, -0.2) is 23.7 Å². The number of carbonyl (C=O) groups excluding carboxylic acids is 2. The summed E-state index contributed by atoms with van der Waals surface area (Å²) in [5.41, 5.74) is 0.739. The molecule has 13 heteroatoms. The number of carbonyl (C=O) groups is 2. The number of imidazole rings is 1. The molecule has 0 radical (unpaired) electrons. The number of nitrogens with one attached hydrogen (secondary N) is 2. The van der Waals surface area contributed by atoms with Gasteiger partial charge in [-0.1, -0.05) is 6.07 Å². The van der Waals surface area contributed by atoms with Gasteiger partial charge in [-0.2, -0.15) is 0 Å². The van der Waals surface area contributed by atoms with E-state index in [2.05, 4.69) is 20.2 Å². The second-order valence-corrected chi connectivity index (χ2v) is 9.04. The van der Waals surface area contributed by atoms with E-state index in [-0.39, 0.29) is 18.0 Å². The third-order valence-corrected chi connectivity index (χ3v) is 6.62. The monoisotopic (exact) mass is 521 g/mol. The molecule has 0 spiro atoms. The van der Waals surface area contributed by atoms with Gasteiger partial charge in [0, 0.05) is 45.8 Å². The average Bonchev–Trinajstić information content (AvgIpc) is 3.34. The molecule has 1 saturated heterocycles. The van der Waals surface area contributed by atoms with Crippen LogP contribution in [0.15, 0.2) is 58.5 Å². The van der Waals surface area contributed by atoms with Crippen LogP contribution in [-0.2, 0) is 25.4 Å². The summed E-state index contributed by atoms with van der Waals surface area (Å²) in [5, 5.41) is 2.72. The Morgan fingerprint density at radius 3 is 2.53 bits per heavy atom. The summed E-state index contributed by atoms with van der Waals surface area (Å²) in [7, 11) is 2.92.